The van der Waals surface area contributed by atoms with E-state index in [0.29, 0.717) is 12.5 Å². The number of hydrogen-bond donors (Lipinski definition) is 2. The van der Waals surface area contributed by atoms with E-state index in [-0.39, 0.29) is 5.75 Å². The van der Waals surface area contributed by atoms with Crippen molar-refractivity contribution in [2.24, 2.45) is 0 Å². The van der Waals surface area contributed by atoms with E-state index in [1.165, 1.54) is 0 Å². The fourth-order valence-electron chi connectivity index (χ4n) is 3.11. The lowest BCUT2D eigenvalue weighted by molar-refractivity contribution is -0.139. The number of aromatic hydroxyl groups is 1. The summed E-state index contributed by atoms with van der Waals surface area (Å²) in [6.07, 6.45) is 3.61. The molecule has 1 aromatic rings. The van der Waals surface area contributed by atoms with Crippen LogP contribution in [-0.2, 0) is 11.2 Å². The van der Waals surface area contributed by atoms with Gasteiger partial charge in [0.1, 0.15) is 11.8 Å². The van der Waals surface area contributed by atoms with Gasteiger partial charge in [-0.2, -0.15) is 0 Å². The van der Waals surface area contributed by atoms with Gasteiger partial charge in [-0.1, -0.05) is 6.07 Å². The first-order valence-electron chi connectivity index (χ1n) is 6.00. The van der Waals surface area contributed by atoms with Gasteiger partial charge in [0.15, 0.2) is 0 Å². The van der Waals surface area contributed by atoms with Crippen LogP contribution in [0.2, 0.25) is 0 Å². The molecule has 0 aromatic heterocycles. The molecule has 0 amide bonds. The van der Waals surface area contributed by atoms with Gasteiger partial charge < -0.3 is 15.1 Å². The van der Waals surface area contributed by atoms with Gasteiger partial charge in [0, 0.05) is 17.8 Å². The van der Waals surface area contributed by atoms with Crippen molar-refractivity contribution in [1.29, 1.82) is 0 Å². The molecular weight excluding hydrogens is 218 g/mol. The van der Waals surface area contributed by atoms with Crippen LogP contribution in [0.1, 0.15) is 24.8 Å². The molecule has 2 atom stereocenters. The smallest absolute Gasteiger partial charge is 0.326 e. The van der Waals surface area contributed by atoms with E-state index in [1.54, 1.807) is 12.1 Å². The van der Waals surface area contributed by atoms with Gasteiger partial charge in [-0.15, -0.1) is 0 Å². The lowest BCUT2D eigenvalue weighted by Gasteiger charge is -2.37. The van der Waals surface area contributed by atoms with Crippen LogP contribution >= 0.6 is 0 Å². The van der Waals surface area contributed by atoms with Gasteiger partial charge in [0.2, 0.25) is 0 Å². The summed E-state index contributed by atoms with van der Waals surface area (Å²) in [6.45, 7) is 0. The number of hydrogen-bond acceptors (Lipinski definition) is 3. The summed E-state index contributed by atoms with van der Waals surface area (Å²) in [4.78, 5) is 13.3. The van der Waals surface area contributed by atoms with Gasteiger partial charge >= 0.3 is 5.97 Å². The first kappa shape index (κ1) is 10.4. The van der Waals surface area contributed by atoms with Gasteiger partial charge in [-0.05, 0) is 37.3 Å². The molecule has 90 valence electrons. The Kier molecular flexibility index (Phi) is 2.24. The molecule has 0 bridgehead atoms. The average Bonchev–Trinajstić information content (AvgIpc) is 2.66. The summed E-state index contributed by atoms with van der Waals surface area (Å²) in [5.74, 6) is -0.551. The fraction of sp³-hybridized carbons (Fsp3) is 0.462. The van der Waals surface area contributed by atoms with Gasteiger partial charge in [-0.3, -0.25) is 0 Å². The second kappa shape index (κ2) is 3.65. The van der Waals surface area contributed by atoms with Crippen molar-refractivity contribution in [2.75, 3.05) is 4.90 Å². The summed E-state index contributed by atoms with van der Waals surface area (Å²) in [7, 11) is 0. The lowest BCUT2D eigenvalue weighted by atomic mass is 9.96. The summed E-state index contributed by atoms with van der Waals surface area (Å²) in [5, 5.41) is 18.8. The number of carbonyl (C=O) groups is 1. The van der Waals surface area contributed by atoms with Crippen molar-refractivity contribution in [1.82, 2.24) is 0 Å². The lowest BCUT2D eigenvalue weighted by Crippen LogP contribution is -2.48. The summed E-state index contributed by atoms with van der Waals surface area (Å²) in [5.41, 5.74) is 2.06. The average molecular weight is 233 g/mol. The van der Waals surface area contributed by atoms with Crippen LogP contribution in [0.5, 0.6) is 5.75 Å². The van der Waals surface area contributed by atoms with Crippen LogP contribution in [0.4, 0.5) is 5.69 Å². The third-order valence-electron chi connectivity index (χ3n) is 3.83. The molecule has 3 rings (SSSR count). The highest BCUT2D eigenvalue weighted by Crippen LogP contribution is 2.41. The monoisotopic (exact) mass is 233 g/mol. The first-order valence-corrected chi connectivity index (χ1v) is 6.00. The molecule has 2 aliphatic rings. The largest absolute Gasteiger partial charge is 0.508 e. The number of piperidine rings is 1. The zero-order valence-electron chi connectivity index (χ0n) is 9.47. The van der Waals surface area contributed by atoms with Crippen molar-refractivity contribution in [2.45, 2.75) is 37.8 Å². The van der Waals surface area contributed by atoms with Crippen LogP contribution < -0.4 is 4.90 Å². The van der Waals surface area contributed by atoms with Gasteiger partial charge in [-0.25, -0.2) is 4.79 Å². The van der Waals surface area contributed by atoms with Crippen LogP contribution in [0.3, 0.4) is 0 Å². The quantitative estimate of drug-likeness (QED) is 0.776. The molecule has 0 saturated carbocycles. The minimum absolute atomic E-state index is 0.208. The molecule has 17 heavy (non-hydrogen) atoms. The third kappa shape index (κ3) is 1.55. The van der Waals surface area contributed by atoms with Crippen LogP contribution in [0.25, 0.3) is 0 Å². The highest BCUT2D eigenvalue weighted by molar-refractivity contribution is 5.80. The number of aliphatic carboxylic acids is 1. The van der Waals surface area contributed by atoms with Gasteiger partial charge in [0.05, 0.1) is 0 Å². The number of phenolic OH excluding ortho intramolecular Hbond substituents is 1. The van der Waals surface area contributed by atoms with Crippen LogP contribution in [-0.4, -0.2) is 28.3 Å². The Morgan fingerprint density at radius 3 is 2.94 bits per heavy atom. The fourth-order valence-corrected chi connectivity index (χ4v) is 3.11. The molecule has 0 aliphatic carbocycles. The zero-order chi connectivity index (χ0) is 12.0. The number of anilines is 1. The first-order chi connectivity index (χ1) is 8.16. The van der Waals surface area contributed by atoms with Crippen molar-refractivity contribution in [3.05, 3.63) is 23.8 Å². The third-order valence-corrected chi connectivity index (χ3v) is 3.83. The number of phenols is 1. The minimum Gasteiger partial charge on any atom is -0.508 e. The highest BCUT2D eigenvalue weighted by atomic mass is 16.4. The second-order valence-electron chi connectivity index (χ2n) is 4.86. The number of nitrogens with zero attached hydrogens (tertiary/aromatic N) is 1. The number of carboxylic acid groups (broad SMARTS) is 1. The molecule has 4 heteroatoms. The maximum absolute atomic E-state index is 11.3. The molecule has 1 saturated heterocycles. The predicted octanol–water partition coefficient (Wildman–Crippen LogP) is 1.76. The molecule has 0 radical (unpaired) electrons. The molecule has 0 spiro atoms. The van der Waals surface area contributed by atoms with E-state index in [1.807, 2.05) is 11.0 Å². The Balaban J connectivity index is 2.04. The van der Waals surface area contributed by atoms with E-state index in [9.17, 15) is 15.0 Å². The van der Waals surface area contributed by atoms with Crippen molar-refractivity contribution < 1.29 is 15.0 Å². The molecule has 2 unspecified atom stereocenters. The standard InChI is InChI=1S/C13H15NO3/c15-10-5-4-8-6-9-2-1-3-11(13(16)17)14(9)12(8)7-10/h4-5,7,9,11,15H,1-3,6H2,(H,16,17). The van der Waals surface area contributed by atoms with Crippen molar-refractivity contribution in [3.63, 3.8) is 0 Å². The van der Waals surface area contributed by atoms with Crippen LogP contribution in [0.15, 0.2) is 18.2 Å². The Morgan fingerprint density at radius 1 is 1.35 bits per heavy atom. The summed E-state index contributed by atoms with van der Waals surface area (Å²) < 4.78 is 0. The highest BCUT2D eigenvalue weighted by Gasteiger charge is 2.40. The number of benzene rings is 1. The summed E-state index contributed by atoms with van der Waals surface area (Å²) in [6, 6.07) is 5.13. The number of carboxylic acids is 1. The molecule has 2 aliphatic heterocycles. The number of fused-ring (bicyclic) bond motifs is 3. The van der Waals surface area contributed by atoms with E-state index in [0.717, 1.165) is 30.5 Å². The molecule has 4 nitrogen and oxygen atoms in total. The molecular formula is C13H15NO3. The van der Waals surface area contributed by atoms with E-state index < -0.39 is 12.0 Å². The van der Waals surface area contributed by atoms with Crippen LogP contribution in [0, 0.1) is 0 Å². The topological polar surface area (TPSA) is 60.8 Å². The Labute approximate surface area is 99.5 Å². The van der Waals surface area contributed by atoms with Crippen molar-refractivity contribution >= 4 is 11.7 Å². The maximum atomic E-state index is 11.3. The minimum atomic E-state index is -0.758. The summed E-state index contributed by atoms with van der Waals surface area (Å²) >= 11 is 0. The Hall–Kier alpha value is -1.71. The number of rotatable bonds is 1. The molecule has 2 heterocycles. The predicted molar refractivity (Wildman–Crippen MR) is 63.4 cm³/mol. The van der Waals surface area contributed by atoms with Crippen molar-refractivity contribution in [3.8, 4) is 5.75 Å². The van der Waals surface area contributed by atoms with E-state index in [4.69, 9.17) is 0 Å². The SMILES string of the molecule is O=C(O)C1CCCC2Cc3ccc(O)cc3N21. The Bertz CT molecular complexity index is 472. The second-order valence-corrected chi connectivity index (χ2v) is 4.86. The molecule has 2 N–H and O–H groups in total. The van der Waals surface area contributed by atoms with E-state index in [2.05, 4.69) is 0 Å². The van der Waals surface area contributed by atoms with E-state index >= 15 is 0 Å². The molecule has 1 fully saturated rings. The zero-order valence-corrected chi connectivity index (χ0v) is 9.47. The van der Waals surface area contributed by atoms with Gasteiger partial charge in [0.25, 0.3) is 0 Å². The maximum Gasteiger partial charge on any atom is 0.326 e. The Morgan fingerprint density at radius 2 is 2.18 bits per heavy atom. The normalized spacial score (nSPS) is 26.5. The molecule has 1 aromatic carbocycles.